The highest BCUT2D eigenvalue weighted by molar-refractivity contribution is 9.10. The number of imide groups is 1. The van der Waals surface area contributed by atoms with Gasteiger partial charge in [0.2, 0.25) is 5.76 Å². The Bertz CT molecular complexity index is 1050. The van der Waals surface area contributed by atoms with Crippen molar-refractivity contribution in [2.45, 2.75) is 6.54 Å². The molecule has 1 fully saturated rings. The smallest absolute Gasteiger partial charge is 0.373 e. The largest absolute Gasteiger partial charge is 0.480 e. The Morgan fingerprint density at radius 2 is 2.14 bits per heavy atom. The summed E-state index contributed by atoms with van der Waals surface area (Å²) in [5.41, 5.74) is 0.778. The molecule has 0 atom stereocenters. The van der Waals surface area contributed by atoms with E-state index in [1.165, 1.54) is 25.3 Å². The van der Waals surface area contributed by atoms with Gasteiger partial charge >= 0.3 is 12.0 Å². The number of halogens is 1. The normalized spacial score (nSPS) is 14.7. The van der Waals surface area contributed by atoms with Crippen LogP contribution in [0.5, 0.6) is 5.75 Å². The van der Waals surface area contributed by atoms with E-state index >= 15 is 0 Å². The van der Waals surface area contributed by atoms with Crippen LogP contribution in [0.15, 0.2) is 44.9 Å². The first-order chi connectivity index (χ1) is 13.9. The summed E-state index contributed by atoms with van der Waals surface area (Å²) in [4.78, 5) is 37.2. The average molecular weight is 459 g/mol. The molecular formula is C20H15BrN2O6. The lowest BCUT2D eigenvalue weighted by molar-refractivity contribution is -0.123. The molecule has 1 saturated heterocycles. The third-order valence-electron chi connectivity index (χ3n) is 3.90. The summed E-state index contributed by atoms with van der Waals surface area (Å²) >= 11 is 3.37. The van der Waals surface area contributed by atoms with Crippen LogP contribution >= 0.6 is 15.9 Å². The van der Waals surface area contributed by atoms with E-state index in [4.69, 9.17) is 15.6 Å². The van der Waals surface area contributed by atoms with Crippen LogP contribution < -0.4 is 10.1 Å². The second kappa shape index (κ2) is 8.67. The summed E-state index contributed by atoms with van der Waals surface area (Å²) in [5, 5.41) is 2.52. The van der Waals surface area contributed by atoms with Gasteiger partial charge in [0.05, 0.1) is 18.1 Å². The van der Waals surface area contributed by atoms with Crippen LogP contribution in [0.25, 0.3) is 6.08 Å². The Hall–Kier alpha value is -3.51. The van der Waals surface area contributed by atoms with Crippen LogP contribution in [0.2, 0.25) is 0 Å². The molecule has 3 rings (SSSR count). The molecule has 9 heteroatoms. The molecular weight excluding hydrogens is 444 g/mol. The van der Waals surface area contributed by atoms with E-state index < -0.39 is 17.9 Å². The van der Waals surface area contributed by atoms with E-state index in [1.807, 2.05) is 0 Å². The fourth-order valence-corrected chi connectivity index (χ4v) is 3.07. The van der Waals surface area contributed by atoms with Gasteiger partial charge < -0.3 is 19.2 Å². The number of methoxy groups -OCH3 is 1. The Kier molecular flexibility index (Phi) is 6.04. The number of terminal acetylenes is 1. The summed E-state index contributed by atoms with van der Waals surface area (Å²) in [7, 11) is 1.23. The van der Waals surface area contributed by atoms with E-state index in [9.17, 15) is 14.4 Å². The number of urea groups is 1. The molecule has 0 unspecified atom stereocenters. The number of carbonyl (C=O) groups is 3. The lowest BCUT2D eigenvalue weighted by Crippen LogP contribution is -2.30. The Morgan fingerprint density at radius 3 is 2.83 bits per heavy atom. The fraction of sp³-hybridized carbons (Fsp3) is 0.150. The molecule has 1 aliphatic rings. The van der Waals surface area contributed by atoms with Crippen LogP contribution in [0.4, 0.5) is 4.79 Å². The van der Waals surface area contributed by atoms with Gasteiger partial charge in [-0.1, -0.05) is 12.0 Å². The van der Waals surface area contributed by atoms with E-state index in [0.29, 0.717) is 15.8 Å². The lowest BCUT2D eigenvalue weighted by atomic mass is 10.2. The molecule has 0 bridgehead atoms. The molecule has 0 saturated carbocycles. The predicted molar refractivity (Wildman–Crippen MR) is 106 cm³/mol. The van der Waals surface area contributed by atoms with E-state index in [1.54, 1.807) is 18.2 Å². The van der Waals surface area contributed by atoms with Crippen molar-refractivity contribution < 1.29 is 28.3 Å². The van der Waals surface area contributed by atoms with Crippen molar-refractivity contribution in [3.63, 3.8) is 0 Å². The fourth-order valence-electron chi connectivity index (χ4n) is 2.55. The van der Waals surface area contributed by atoms with E-state index in [2.05, 4.69) is 31.9 Å². The molecule has 3 amide bonds. The molecule has 1 aromatic heterocycles. The monoisotopic (exact) mass is 458 g/mol. The van der Waals surface area contributed by atoms with Crippen molar-refractivity contribution in [1.29, 1.82) is 0 Å². The van der Waals surface area contributed by atoms with E-state index in [-0.39, 0.29) is 30.4 Å². The first-order valence-electron chi connectivity index (χ1n) is 8.30. The number of hydrogen-bond acceptors (Lipinski definition) is 6. The standard InChI is InChI=1S/C20H15BrN2O6/c1-3-8-28-16-6-4-12(9-14(16)21)10-15-18(24)23(20(26)22-15)11-13-5-7-17(29-13)19(25)27-2/h1,4-7,9-10H,8,11H2,2H3,(H,22,26). The molecule has 0 spiro atoms. The maximum atomic E-state index is 12.6. The molecule has 1 aliphatic heterocycles. The molecule has 8 nitrogen and oxygen atoms in total. The van der Waals surface area contributed by atoms with Crippen molar-refractivity contribution in [2.24, 2.45) is 0 Å². The second-order valence-electron chi connectivity index (χ2n) is 5.82. The number of nitrogens with one attached hydrogen (secondary N) is 1. The predicted octanol–water partition coefficient (Wildman–Crippen LogP) is 2.93. The zero-order valence-corrected chi connectivity index (χ0v) is 16.8. The van der Waals surface area contributed by atoms with E-state index in [0.717, 1.165) is 4.90 Å². The molecule has 0 radical (unpaired) electrons. The third-order valence-corrected chi connectivity index (χ3v) is 4.52. The van der Waals surface area contributed by atoms with Crippen molar-refractivity contribution in [2.75, 3.05) is 13.7 Å². The minimum absolute atomic E-state index is 0.0117. The number of amides is 3. The summed E-state index contributed by atoms with van der Waals surface area (Å²) in [5.74, 6) is 2.04. The van der Waals surface area contributed by atoms with Crippen LogP contribution in [-0.2, 0) is 16.1 Å². The van der Waals surface area contributed by atoms with Gasteiger partial charge in [0, 0.05) is 0 Å². The van der Waals surface area contributed by atoms with Gasteiger partial charge in [0.1, 0.15) is 23.8 Å². The zero-order chi connectivity index (χ0) is 21.0. The molecule has 148 valence electrons. The minimum Gasteiger partial charge on any atom is -0.480 e. The van der Waals surface area contributed by atoms with Crippen LogP contribution in [0.3, 0.4) is 0 Å². The summed E-state index contributed by atoms with van der Waals surface area (Å²) in [6.45, 7) is 0.00850. The highest BCUT2D eigenvalue weighted by Gasteiger charge is 2.34. The molecule has 29 heavy (non-hydrogen) atoms. The average Bonchev–Trinajstić information content (AvgIpc) is 3.27. The first-order valence-corrected chi connectivity index (χ1v) is 9.09. The Labute approximate surface area is 174 Å². The Morgan fingerprint density at radius 1 is 1.34 bits per heavy atom. The lowest BCUT2D eigenvalue weighted by Gasteiger charge is -2.09. The van der Waals surface area contributed by atoms with Crippen molar-refractivity contribution in [1.82, 2.24) is 10.2 Å². The van der Waals surface area contributed by atoms with Gasteiger partial charge in [-0.25, -0.2) is 9.59 Å². The number of nitrogens with zero attached hydrogens (tertiary/aromatic N) is 1. The number of esters is 1. The maximum absolute atomic E-state index is 12.6. The Balaban J connectivity index is 1.74. The van der Waals surface area contributed by atoms with Crippen molar-refractivity contribution >= 4 is 39.9 Å². The second-order valence-corrected chi connectivity index (χ2v) is 6.67. The quantitative estimate of drug-likeness (QED) is 0.309. The zero-order valence-electron chi connectivity index (χ0n) is 15.2. The van der Waals surface area contributed by atoms with Crippen LogP contribution in [0, 0.1) is 12.3 Å². The molecule has 0 aliphatic carbocycles. The number of furan rings is 1. The molecule has 1 aromatic carbocycles. The highest BCUT2D eigenvalue weighted by Crippen LogP contribution is 2.27. The van der Waals surface area contributed by atoms with Gasteiger partial charge in [0.15, 0.2) is 0 Å². The summed E-state index contributed by atoms with van der Waals surface area (Å²) < 4.78 is 15.9. The summed E-state index contributed by atoms with van der Waals surface area (Å²) in [6, 6.07) is 7.48. The van der Waals surface area contributed by atoms with Gasteiger partial charge in [-0.2, -0.15) is 0 Å². The topological polar surface area (TPSA) is 98.1 Å². The number of benzene rings is 1. The molecule has 1 N–H and O–H groups in total. The number of rotatable bonds is 6. The number of ether oxygens (including phenoxy) is 2. The minimum atomic E-state index is -0.644. The van der Waals surface area contributed by atoms with Crippen LogP contribution in [0.1, 0.15) is 21.9 Å². The van der Waals surface area contributed by atoms with Gasteiger partial charge in [-0.3, -0.25) is 9.69 Å². The summed E-state index contributed by atoms with van der Waals surface area (Å²) in [6.07, 6.45) is 6.71. The molecule has 2 heterocycles. The van der Waals surface area contributed by atoms with Crippen LogP contribution in [-0.4, -0.2) is 36.5 Å². The van der Waals surface area contributed by atoms with Crippen molar-refractivity contribution in [3.05, 3.63) is 57.6 Å². The van der Waals surface area contributed by atoms with Gasteiger partial charge in [-0.15, -0.1) is 6.42 Å². The van der Waals surface area contributed by atoms with Gasteiger partial charge in [0.25, 0.3) is 5.91 Å². The van der Waals surface area contributed by atoms with Crippen molar-refractivity contribution in [3.8, 4) is 18.1 Å². The molecule has 2 aromatic rings. The SMILES string of the molecule is C#CCOc1ccc(C=C2NC(=O)N(Cc3ccc(C(=O)OC)o3)C2=O)cc1Br. The number of carbonyl (C=O) groups excluding carboxylic acids is 3. The van der Waals surface area contributed by atoms with Gasteiger partial charge in [-0.05, 0) is 51.8 Å². The highest BCUT2D eigenvalue weighted by atomic mass is 79.9. The maximum Gasteiger partial charge on any atom is 0.373 e. The first kappa shape index (κ1) is 20.2. The third kappa shape index (κ3) is 4.50. The number of hydrogen-bond donors (Lipinski definition) is 1.